The van der Waals surface area contributed by atoms with Gasteiger partial charge >= 0.3 is 0 Å². The van der Waals surface area contributed by atoms with Crippen LogP contribution in [0.4, 0.5) is 0 Å². The zero-order valence-electron chi connectivity index (χ0n) is 14.6. The molecule has 0 unspecified atom stereocenters. The minimum absolute atomic E-state index is 0.0828. The average Bonchev–Trinajstić information content (AvgIpc) is 3.25. The number of nitrogens with one attached hydrogen (secondary N) is 2. The van der Waals surface area contributed by atoms with Crippen molar-refractivity contribution in [2.24, 2.45) is 11.8 Å². The van der Waals surface area contributed by atoms with E-state index >= 15 is 0 Å². The summed E-state index contributed by atoms with van der Waals surface area (Å²) in [5.74, 6) is 0.933. The minimum Gasteiger partial charge on any atom is -0.351 e. The number of carbonyl (C=O) groups is 2. The molecule has 4 atom stereocenters. The highest BCUT2D eigenvalue weighted by Gasteiger charge is 2.53. The van der Waals surface area contributed by atoms with Crippen LogP contribution < -0.4 is 10.6 Å². The van der Waals surface area contributed by atoms with Crippen LogP contribution in [0.2, 0.25) is 0 Å². The number of benzene rings is 1. The van der Waals surface area contributed by atoms with Gasteiger partial charge in [-0.25, -0.2) is 4.63 Å². The van der Waals surface area contributed by atoms with Crippen molar-refractivity contribution in [2.75, 3.05) is 6.54 Å². The predicted octanol–water partition coefficient (Wildman–Crippen LogP) is 1.81. The summed E-state index contributed by atoms with van der Waals surface area (Å²) < 4.78 is 4.51. The fourth-order valence-electron chi connectivity index (χ4n) is 4.54. The van der Waals surface area contributed by atoms with Crippen LogP contribution in [-0.4, -0.2) is 34.7 Å². The highest BCUT2D eigenvalue weighted by atomic mass is 16.6. The summed E-state index contributed by atoms with van der Waals surface area (Å²) in [6, 6.07) is 10.5. The van der Waals surface area contributed by atoms with Crippen molar-refractivity contribution in [1.29, 1.82) is 0 Å². The predicted molar refractivity (Wildman–Crippen MR) is 93.3 cm³/mol. The van der Waals surface area contributed by atoms with E-state index in [0.717, 1.165) is 6.42 Å². The standard InChI is InChI=1S/C19H22N4O3/c1-11-17(23-26-22-11)19(25)20-10-15(24)21-18-14-9-5-8-13(14)16(18)12-6-3-2-4-7-12/h2-4,6-7,13-14,16,18H,5,8-10H2,1H3,(H,20,25)(H,21,24)/t13-,14+,16-,18+/m0/s1. The number of fused-ring (bicyclic) bond motifs is 1. The fraction of sp³-hybridized carbons (Fsp3) is 0.474. The minimum atomic E-state index is -0.453. The normalized spacial score (nSPS) is 26.7. The summed E-state index contributed by atoms with van der Waals surface area (Å²) in [6.07, 6.45) is 3.61. The lowest BCUT2D eigenvalue weighted by Gasteiger charge is -2.49. The molecule has 0 bridgehead atoms. The summed E-state index contributed by atoms with van der Waals surface area (Å²) >= 11 is 0. The highest BCUT2D eigenvalue weighted by Crippen LogP contribution is 2.55. The second-order valence-electron chi connectivity index (χ2n) is 7.17. The molecule has 4 rings (SSSR count). The molecule has 2 saturated carbocycles. The maximum Gasteiger partial charge on any atom is 0.275 e. The number of hydrogen-bond acceptors (Lipinski definition) is 5. The maximum atomic E-state index is 12.4. The second-order valence-corrected chi connectivity index (χ2v) is 7.17. The monoisotopic (exact) mass is 354 g/mol. The van der Waals surface area contributed by atoms with Gasteiger partial charge in [0.25, 0.3) is 5.91 Å². The zero-order valence-corrected chi connectivity index (χ0v) is 14.6. The first-order valence-corrected chi connectivity index (χ1v) is 9.07. The maximum absolute atomic E-state index is 12.4. The molecule has 2 aliphatic rings. The van der Waals surface area contributed by atoms with Crippen LogP contribution in [0.1, 0.15) is 46.9 Å². The first-order valence-electron chi connectivity index (χ1n) is 9.07. The lowest BCUT2D eigenvalue weighted by atomic mass is 9.60. The van der Waals surface area contributed by atoms with Crippen molar-refractivity contribution in [3.63, 3.8) is 0 Å². The van der Waals surface area contributed by atoms with E-state index in [1.165, 1.54) is 18.4 Å². The molecule has 2 aromatic rings. The third-order valence-corrected chi connectivity index (χ3v) is 5.72. The van der Waals surface area contributed by atoms with Crippen LogP contribution in [0, 0.1) is 18.8 Å². The Balaban J connectivity index is 1.37. The van der Waals surface area contributed by atoms with Gasteiger partial charge in [0.2, 0.25) is 5.91 Å². The Morgan fingerprint density at radius 1 is 1.15 bits per heavy atom. The summed E-state index contributed by atoms with van der Waals surface area (Å²) in [4.78, 5) is 24.4. The van der Waals surface area contributed by atoms with E-state index in [1.54, 1.807) is 6.92 Å². The largest absolute Gasteiger partial charge is 0.351 e. The van der Waals surface area contributed by atoms with Gasteiger partial charge in [0, 0.05) is 12.0 Å². The molecular formula is C19H22N4O3. The van der Waals surface area contributed by atoms with E-state index in [2.05, 4.69) is 37.7 Å². The Hall–Kier alpha value is -2.70. The van der Waals surface area contributed by atoms with E-state index in [9.17, 15) is 9.59 Å². The Bertz CT molecular complexity index is 804. The molecule has 26 heavy (non-hydrogen) atoms. The summed E-state index contributed by atoms with van der Waals surface area (Å²) in [5, 5.41) is 12.8. The molecule has 1 aromatic carbocycles. The van der Waals surface area contributed by atoms with Gasteiger partial charge in [-0.1, -0.05) is 41.9 Å². The molecule has 2 amide bonds. The van der Waals surface area contributed by atoms with E-state index in [0.29, 0.717) is 23.4 Å². The zero-order chi connectivity index (χ0) is 18.1. The highest BCUT2D eigenvalue weighted by molar-refractivity contribution is 5.95. The van der Waals surface area contributed by atoms with Crippen LogP contribution in [0.3, 0.4) is 0 Å². The molecule has 7 heteroatoms. The SMILES string of the molecule is Cc1nonc1C(=O)NCC(=O)N[C@@H]1[C@@H]2CCC[C@@H]2[C@@H]1c1ccccc1. The van der Waals surface area contributed by atoms with Crippen molar-refractivity contribution in [1.82, 2.24) is 20.9 Å². The first-order chi connectivity index (χ1) is 12.6. The Morgan fingerprint density at radius 3 is 2.65 bits per heavy atom. The van der Waals surface area contributed by atoms with Gasteiger partial charge in [-0.05, 0) is 42.3 Å². The first kappa shape index (κ1) is 16.8. The Kier molecular flexibility index (Phi) is 4.44. The molecule has 0 radical (unpaired) electrons. The molecular weight excluding hydrogens is 332 g/mol. The van der Waals surface area contributed by atoms with Crippen LogP contribution in [0.25, 0.3) is 0 Å². The van der Waals surface area contributed by atoms with E-state index in [4.69, 9.17) is 0 Å². The number of rotatable bonds is 5. The fourth-order valence-corrected chi connectivity index (χ4v) is 4.54. The van der Waals surface area contributed by atoms with Gasteiger partial charge in [0.05, 0.1) is 6.54 Å². The third kappa shape index (κ3) is 2.98. The smallest absolute Gasteiger partial charge is 0.275 e. The Morgan fingerprint density at radius 2 is 1.92 bits per heavy atom. The molecule has 7 nitrogen and oxygen atoms in total. The van der Waals surface area contributed by atoms with Gasteiger partial charge < -0.3 is 10.6 Å². The van der Waals surface area contributed by atoms with Gasteiger partial charge in [-0.15, -0.1) is 0 Å². The van der Waals surface area contributed by atoms with Gasteiger partial charge in [-0.2, -0.15) is 0 Å². The molecule has 0 spiro atoms. The Labute approximate surface area is 151 Å². The van der Waals surface area contributed by atoms with E-state index in [-0.39, 0.29) is 24.2 Å². The molecule has 0 saturated heterocycles. The third-order valence-electron chi connectivity index (χ3n) is 5.72. The van der Waals surface area contributed by atoms with Gasteiger partial charge in [-0.3, -0.25) is 9.59 Å². The average molecular weight is 354 g/mol. The van der Waals surface area contributed by atoms with Gasteiger partial charge in [0.1, 0.15) is 5.69 Å². The van der Waals surface area contributed by atoms with Crippen molar-refractivity contribution < 1.29 is 14.2 Å². The molecule has 1 aromatic heterocycles. The van der Waals surface area contributed by atoms with Crippen molar-refractivity contribution in [3.05, 3.63) is 47.3 Å². The van der Waals surface area contributed by atoms with Crippen LogP contribution in [-0.2, 0) is 4.79 Å². The van der Waals surface area contributed by atoms with Crippen LogP contribution in [0.15, 0.2) is 35.0 Å². The second kappa shape index (κ2) is 6.90. The number of hydrogen-bond donors (Lipinski definition) is 2. The molecule has 2 fully saturated rings. The van der Waals surface area contributed by atoms with Crippen molar-refractivity contribution in [3.8, 4) is 0 Å². The number of aromatic nitrogens is 2. The number of aryl methyl sites for hydroxylation is 1. The number of amides is 2. The lowest BCUT2D eigenvalue weighted by molar-refractivity contribution is -0.123. The van der Waals surface area contributed by atoms with Gasteiger partial charge in [0.15, 0.2) is 5.69 Å². The lowest BCUT2D eigenvalue weighted by Crippen LogP contribution is -2.57. The molecule has 136 valence electrons. The summed E-state index contributed by atoms with van der Waals surface area (Å²) in [5.41, 5.74) is 1.80. The van der Waals surface area contributed by atoms with Crippen LogP contribution in [0.5, 0.6) is 0 Å². The molecule has 0 aliphatic heterocycles. The van der Waals surface area contributed by atoms with E-state index in [1.807, 2.05) is 18.2 Å². The number of nitrogens with zero attached hydrogens (tertiary/aromatic N) is 2. The molecule has 1 heterocycles. The number of carbonyl (C=O) groups excluding carboxylic acids is 2. The molecule has 2 N–H and O–H groups in total. The summed E-state index contributed by atoms with van der Waals surface area (Å²) in [7, 11) is 0. The topological polar surface area (TPSA) is 97.1 Å². The van der Waals surface area contributed by atoms with Crippen LogP contribution >= 0.6 is 0 Å². The quantitative estimate of drug-likeness (QED) is 0.853. The summed E-state index contributed by atoms with van der Waals surface area (Å²) in [6.45, 7) is 1.55. The van der Waals surface area contributed by atoms with E-state index < -0.39 is 5.91 Å². The van der Waals surface area contributed by atoms with Crippen molar-refractivity contribution in [2.45, 2.75) is 38.1 Å². The van der Waals surface area contributed by atoms with Crippen molar-refractivity contribution >= 4 is 11.8 Å². The molecule has 2 aliphatic carbocycles.